The van der Waals surface area contributed by atoms with Gasteiger partial charge in [0.25, 0.3) is 0 Å². The minimum absolute atomic E-state index is 0.0148. The van der Waals surface area contributed by atoms with Crippen molar-refractivity contribution in [3.05, 3.63) is 53.2 Å². The van der Waals surface area contributed by atoms with Gasteiger partial charge in [-0.25, -0.2) is 23.5 Å². The standard InChI is InChI=1S/C15H12ClN3O2S/c1-9-5-4-8-12(22(17,20)21)13(9)14-15(16)19-11-7-3-2-6-10(11)18-14/h2-8H,1H3,(H2,17,20,21). The highest BCUT2D eigenvalue weighted by Gasteiger charge is 2.21. The molecule has 3 rings (SSSR count). The van der Waals surface area contributed by atoms with Crippen LogP contribution in [0.1, 0.15) is 5.56 Å². The third kappa shape index (κ3) is 2.56. The fourth-order valence-electron chi connectivity index (χ4n) is 2.32. The molecule has 0 atom stereocenters. The van der Waals surface area contributed by atoms with Crippen LogP contribution in [0.15, 0.2) is 47.4 Å². The smallest absolute Gasteiger partial charge is 0.238 e. The Balaban J connectivity index is 2.40. The number of halogens is 1. The molecule has 3 aromatic rings. The van der Waals surface area contributed by atoms with E-state index in [1.807, 2.05) is 12.1 Å². The maximum Gasteiger partial charge on any atom is 0.238 e. The van der Waals surface area contributed by atoms with Gasteiger partial charge in [0.1, 0.15) is 5.69 Å². The highest BCUT2D eigenvalue weighted by Crippen LogP contribution is 2.33. The van der Waals surface area contributed by atoms with E-state index in [0.29, 0.717) is 27.9 Å². The number of aromatic nitrogens is 2. The molecule has 1 aromatic heterocycles. The molecule has 2 N–H and O–H groups in total. The van der Waals surface area contributed by atoms with Crippen LogP contribution in [0.4, 0.5) is 0 Å². The van der Waals surface area contributed by atoms with Crippen molar-refractivity contribution in [1.82, 2.24) is 9.97 Å². The van der Waals surface area contributed by atoms with E-state index in [0.717, 1.165) is 0 Å². The lowest BCUT2D eigenvalue weighted by Crippen LogP contribution is -2.14. The number of primary sulfonamides is 1. The average Bonchev–Trinajstić information content (AvgIpc) is 2.45. The molecule has 2 aromatic carbocycles. The van der Waals surface area contributed by atoms with E-state index in [2.05, 4.69) is 9.97 Å². The first kappa shape index (κ1) is 14.9. The molecule has 0 aliphatic heterocycles. The second kappa shape index (κ2) is 5.31. The molecular weight excluding hydrogens is 322 g/mol. The van der Waals surface area contributed by atoms with Crippen LogP contribution in [0.2, 0.25) is 5.15 Å². The molecule has 0 saturated carbocycles. The van der Waals surface area contributed by atoms with Crippen molar-refractivity contribution in [3.63, 3.8) is 0 Å². The van der Waals surface area contributed by atoms with Crippen LogP contribution in [-0.4, -0.2) is 18.4 Å². The van der Waals surface area contributed by atoms with Crippen molar-refractivity contribution in [2.75, 3.05) is 0 Å². The fourth-order valence-corrected chi connectivity index (χ4v) is 3.36. The monoisotopic (exact) mass is 333 g/mol. The van der Waals surface area contributed by atoms with Crippen LogP contribution in [0.5, 0.6) is 0 Å². The zero-order valence-corrected chi connectivity index (χ0v) is 13.2. The van der Waals surface area contributed by atoms with Crippen molar-refractivity contribution >= 4 is 32.7 Å². The Bertz CT molecular complexity index is 987. The molecule has 0 unspecified atom stereocenters. The molecule has 22 heavy (non-hydrogen) atoms. The Labute approximate surface area is 132 Å². The van der Waals surface area contributed by atoms with Crippen LogP contribution in [-0.2, 0) is 10.0 Å². The lowest BCUT2D eigenvalue weighted by molar-refractivity contribution is 0.598. The van der Waals surface area contributed by atoms with E-state index < -0.39 is 10.0 Å². The molecule has 1 heterocycles. The molecule has 0 aliphatic rings. The van der Waals surface area contributed by atoms with E-state index >= 15 is 0 Å². The number of rotatable bonds is 2. The maximum absolute atomic E-state index is 11.8. The number of para-hydroxylation sites is 2. The summed E-state index contributed by atoms with van der Waals surface area (Å²) in [6, 6.07) is 12.1. The van der Waals surface area contributed by atoms with Gasteiger partial charge in [0.05, 0.1) is 15.9 Å². The predicted octanol–water partition coefficient (Wildman–Crippen LogP) is 2.91. The van der Waals surface area contributed by atoms with Gasteiger partial charge in [0.15, 0.2) is 5.15 Å². The van der Waals surface area contributed by atoms with Crippen molar-refractivity contribution in [3.8, 4) is 11.3 Å². The van der Waals surface area contributed by atoms with E-state index in [4.69, 9.17) is 16.7 Å². The lowest BCUT2D eigenvalue weighted by atomic mass is 10.1. The first-order valence-corrected chi connectivity index (χ1v) is 8.35. The Kier molecular flexibility index (Phi) is 3.60. The number of nitrogens with zero attached hydrogens (tertiary/aromatic N) is 2. The van der Waals surface area contributed by atoms with Crippen molar-refractivity contribution in [2.45, 2.75) is 11.8 Å². The molecule has 7 heteroatoms. The molecule has 0 fully saturated rings. The average molecular weight is 334 g/mol. The van der Waals surface area contributed by atoms with Gasteiger partial charge in [-0.05, 0) is 30.7 Å². The Morgan fingerprint density at radius 2 is 1.64 bits per heavy atom. The summed E-state index contributed by atoms with van der Waals surface area (Å²) < 4.78 is 23.7. The minimum atomic E-state index is -3.90. The molecule has 0 aliphatic carbocycles. The summed E-state index contributed by atoms with van der Waals surface area (Å²) >= 11 is 6.22. The molecule has 0 spiro atoms. The zero-order chi connectivity index (χ0) is 15.9. The molecule has 5 nitrogen and oxygen atoms in total. The first-order valence-electron chi connectivity index (χ1n) is 6.43. The predicted molar refractivity (Wildman–Crippen MR) is 86.1 cm³/mol. The van der Waals surface area contributed by atoms with E-state index in [-0.39, 0.29) is 10.0 Å². The number of hydrogen-bond donors (Lipinski definition) is 1. The largest absolute Gasteiger partial charge is 0.243 e. The summed E-state index contributed by atoms with van der Waals surface area (Å²) in [5.41, 5.74) is 2.67. The number of nitrogens with two attached hydrogens (primary N) is 1. The summed E-state index contributed by atoms with van der Waals surface area (Å²) in [4.78, 5) is 8.73. The summed E-state index contributed by atoms with van der Waals surface area (Å²) in [5, 5.41) is 5.44. The number of fused-ring (bicyclic) bond motifs is 1. The van der Waals surface area contributed by atoms with Crippen molar-refractivity contribution < 1.29 is 8.42 Å². The third-order valence-electron chi connectivity index (χ3n) is 3.31. The normalized spacial score (nSPS) is 11.8. The molecule has 0 radical (unpaired) electrons. The van der Waals surface area contributed by atoms with Gasteiger partial charge in [0, 0.05) is 5.56 Å². The summed E-state index contributed by atoms with van der Waals surface area (Å²) in [6.07, 6.45) is 0. The second-order valence-electron chi connectivity index (χ2n) is 4.84. The van der Waals surface area contributed by atoms with Gasteiger partial charge in [0.2, 0.25) is 10.0 Å². The van der Waals surface area contributed by atoms with Crippen LogP contribution >= 0.6 is 11.6 Å². The topological polar surface area (TPSA) is 85.9 Å². The molecule has 0 amide bonds. The minimum Gasteiger partial charge on any atom is -0.243 e. The molecule has 0 bridgehead atoms. The van der Waals surface area contributed by atoms with Crippen LogP contribution in [0.25, 0.3) is 22.3 Å². The first-order chi connectivity index (χ1) is 10.4. The fraction of sp³-hybridized carbons (Fsp3) is 0.0667. The molecule has 112 valence electrons. The molecular formula is C15H12ClN3O2S. The van der Waals surface area contributed by atoms with Crippen LogP contribution in [0.3, 0.4) is 0 Å². The van der Waals surface area contributed by atoms with Gasteiger partial charge in [-0.15, -0.1) is 0 Å². The number of hydrogen-bond acceptors (Lipinski definition) is 4. The van der Waals surface area contributed by atoms with E-state index in [1.54, 1.807) is 31.2 Å². The SMILES string of the molecule is Cc1cccc(S(N)(=O)=O)c1-c1nc2ccccc2nc1Cl. The number of sulfonamides is 1. The summed E-state index contributed by atoms with van der Waals surface area (Å²) in [5.74, 6) is 0. The quantitative estimate of drug-likeness (QED) is 0.781. The third-order valence-corrected chi connectivity index (χ3v) is 4.52. The van der Waals surface area contributed by atoms with Gasteiger partial charge >= 0.3 is 0 Å². The lowest BCUT2D eigenvalue weighted by Gasteiger charge is -2.12. The van der Waals surface area contributed by atoms with Crippen molar-refractivity contribution in [2.24, 2.45) is 5.14 Å². The van der Waals surface area contributed by atoms with Gasteiger partial charge in [-0.2, -0.15) is 0 Å². The second-order valence-corrected chi connectivity index (χ2v) is 6.73. The van der Waals surface area contributed by atoms with Gasteiger partial charge in [-0.3, -0.25) is 0 Å². The highest BCUT2D eigenvalue weighted by molar-refractivity contribution is 7.89. The Morgan fingerprint density at radius 1 is 1.00 bits per heavy atom. The molecule has 0 saturated heterocycles. The van der Waals surface area contributed by atoms with E-state index in [1.165, 1.54) is 6.07 Å². The summed E-state index contributed by atoms with van der Waals surface area (Å²) in [6.45, 7) is 1.78. The van der Waals surface area contributed by atoms with E-state index in [9.17, 15) is 8.42 Å². The highest BCUT2D eigenvalue weighted by atomic mass is 35.5. The van der Waals surface area contributed by atoms with Crippen LogP contribution in [0, 0.1) is 6.92 Å². The Morgan fingerprint density at radius 3 is 2.27 bits per heavy atom. The van der Waals surface area contributed by atoms with Gasteiger partial charge in [-0.1, -0.05) is 35.9 Å². The van der Waals surface area contributed by atoms with Crippen molar-refractivity contribution in [1.29, 1.82) is 0 Å². The number of benzene rings is 2. The Hall–Kier alpha value is -2.02. The zero-order valence-electron chi connectivity index (χ0n) is 11.6. The van der Waals surface area contributed by atoms with Crippen LogP contribution < -0.4 is 5.14 Å². The van der Waals surface area contributed by atoms with Gasteiger partial charge < -0.3 is 0 Å². The maximum atomic E-state index is 11.8. The number of aryl methyl sites for hydroxylation is 1. The summed E-state index contributed by atoms with van der Waals surface area (Å²) in [7, 11) is -3.90.